The highest BCUT2D eigenvalue weighted by Gasteiger charge is 2.10. The third kappa shape index (κ3) is 5.47. The quantitative estimate of drug-likeness (QED) is 0.494. The third-order valence-electron chi connectivity index (χ3n) is 3.50. The standard InChI is InChI=1S/C18H21FN8O/c1-10(2)20-17-21-11(3)22-18(25-17)24-15-8-14(26-27-15)9-16(28)23-13-6-4-5-12(19)7-13/h4-8,10H,9H2,1-3H3,(H,23,28)(H3,20,21,22,24,25,26,27). The number of aromatic amines is 1. The molecule has 9 nitrogen and oxygen atoms in total. The Balaban J connectivity index is 1.62. The summed E-state index contributed by atoms with van der Waals surface area (Å²) in [6.45, 7) is 5.74. The molecule has 0 unspecified atom stereocenters. The van der Waals surface area contributed by atoms with Crippen molar-refractivity contribution in [2.75, 3.05) is 16.0 Å². The van der Waals surface area contributed by atoms with E-state index in [4.69, 9.17) is 0 Å². The van der Waals surface area contributed by atoms with Crippen LogP contribution in [0.25, 0.3) is 0 Å². The Hall–Kier alpha value is -3.56. The van der Waals surface area contributed by atoms with Gasteiger partial charge in [0.1, 0.15) is 11.6 Å². The Morgan fingerprint density at radius 2 is 1.96 bits per heavy atom. The summed E-state index contributed by atoms with van der Waals surface area (Å²) < 4.78 is 13.2. The molecule has 2 aromatic heterocycles. The second kappa shape index (κ2) is 8.42. The molecule has 0 saturated carbocycles. The molecule has 0 aliphatic carbocycles. The SMILES string of the molecule is Cc1nc(Nc2cc(CC(=O)Nc3cccc(F)c3)[nH]n2)nc(NC(C)C)n1. The Morgan fingerprint density at radius 3 is 2.71 bits per heavy atom. The number of nitrogens with zero attached hydrogens (tertiary/aromatic N) is 4. The minimum atomic E-state index is -0.412. The van der Waals surface area contributed by atoms with Crippen LogP contribution in [-0.4, -0.2) is 37.1 Å². The highest BCUT2D eigenvalue weighted by atomic mass is 19.1. The van der Waals surface area contributed by atoms with Crippen LogP contribution in [-0.2, 0) is 11.2 Å². The van der Waals surface area contributed by atoms with Crippen molar-refractivity contribution in [3.05, 3.63) is 47.7 Å². The van der Waals surface area contributed by atoms with Gasteiger partial charge in [-0.2, -0.15) is 20.1 Å². The van der Waals surface area contributed by atoms with Crippen LogP contribution in [0, 0.1) is 12.7 Å². The fourth-order valence-corrected chi connectivity index (χ4v) is 2.44. The smallest absolute Gasteiger partial charge is 0.233 e. The van der Waals surface area contributed by atoms with Crippen molar-refractivity contribution >= 4 is 29.3 Å². The molecule has 0 aliphatic heterocycles. The van der Waals surface area contributed by atoms with E-state index >= 15 is 0 Å². The van der Waals surface area contributed by atoms with Gasteiger partial charge in [-0.15, -0.1) is 0 Å². The zero-order chi connectivity index (χ0) is 20.1. The molecule has 0 fully saturated rings. The van der Waals surface area contributed by atoms with Gasteiger partial charge in [0.05, 0.1) is 6.42 Å². The topological polar surface area (TPSA) is 121 Å². The summed E-state index contributed by atoms with van der Waals surface area (Å²) in [5.74, 6) is 1.14. The summed E-state index contributed by atoms with van der Waals surface area (Å²) in [6.07, 6.45) is 0.0571. The number of halogens is 1. The molecule has 146 valence electrons. The number of rotatable bonds is 7. The summed E-state index contributed by atoms with van der Waals surface area (Å²) in [5.41, 5.74) is 0.983. The van der Waals surface area contributed by atoms with Crippen molar-refractivity contribution in [1.29, 1.82) is 0 Å². The second-order valence-corrected chi connectivity index (χ2v) is 6.47. The number of amides is 1. The first kappa shape index (κ1) is 19.2. The van der Waals surface area contributed by atoms with Crippen molar-refractivity contribution in [1.82, 2.24) is 25.1 Å². The van der Waals surface area contributed by atoms with Gasteiger partial charge in [-0.25, -0.2) is 4.39 Å². The Bertz CT molecular complexity index is 972. The van der Waals surface area contributed by atoms with Crippen molar-refractivity contribution < 1.29 is 9.18 Å². The highest BCUT2D eigenvalue weighted by Crippen LogP contribution is 2.14. The number of carbonyl (C=O) groups is 1. The number of hydrogen-bond donors (Lipinski definition) is 4. The molecule has 4 N–H and O–H groups in total. The van der Waals surface area contributed by atoms with Crippen LogP contribution in [0.3, 0.4) is 0 Å². The molecule has 2 heterocycles. The van der Waals surface area contributed by atoms with E-state index in [1.165, 1.54) is 18.2 Å². The molecule has 1 aromatic carbocycles. The normalized spacial score (nSPS) is 10.8. The molecule has 0 atom stereocenters. The van der Waals surface area contributed by atoms with Crippen LogP contribution in [0.1, 0.15) is 25.4 Å². The molecule has 3 rings (SSSR count). The lowest BCUT2D eigenvalue weighted by Crippen LogP contribution is -2.14. The van der Waals surface area contributed by atoms with Crippen LogP contribution in [0.4, 0.5) is 27.8 Å². The van der Waals surface area contributed by atoms with Crippen molar-refractivity contribution in [3.63, 3.8) is 0 Å². The average Bonchev–Trinajstić information content (AvgIpc) is 3.00. The molecule has 0 spiro atoms. The van der Waals surface area contributed by atoms with Gasteiger partial charge in [-0.3, -0.25) is 9.89 Å². The van der Waals surface area contributed by atoms with E-state index in [0.29, 0.717) is 34.9 Å². The predicted octanol–water partition coefficient (Wildman–Crippen LogP) is 2.79. The molecule has 0 bridgehead atoms. The van der Waals surface area contributed by atoms with E-state index in [1.54, 1.807) is 19.1 Å². The summed E-state index contributed by atoms with van der Waals surface area (Å²) in [4.78, 5) is 24.9. The lowest BCUT2D eigenvalue weighted by molar-refractivity contribution is -0.115. The second-order valence-electron chi connectivity index (χ2n) is 6.47. The lowest BCUT2D eigenvalue weighted by atomic mass is 10.2. The van der Waals surface area contributed by atoms with E-state index in [1.807, 2.05) is 13.8 Å². The van der Waals surface area contributed by atoms with Gasteiger partial charge in [0.2, 0.25) is 17.8 Å². The summed E-state index contributed by atoms with van der Waals surface area (Å²) >= 11 is 0. The minimum absolute atomic E-state index is 0.0571. The van der Waals surface area contributed by atoms with Gasteiger partial charge in [0.25, 0.3) is 0 Å². The monoisotopic (exact) mass is 384 g/mol. The number of carbonyl (C=O) groups excluding carboxylic acids is 1. The van der Waals surface area contributed by atoms with Crippen LogP contribution in [0.15, 0.2) is 30.3 Å². The predicted molar refractivity (Wildman–Crippen MR) is 104 cm³/mol. The van der Waals surface area contributed by atoms with Crippen LogP contribution >= 0.6 is 0 Å². The Morgan fingerprint density at radius 1 is 1.18 bits per heavy atom. The molecule has 28 heavy (non-hydrogen) atoms. The first-order valence-electron chi connectivity index (χ1n) is 8.73. The number of anilines is 4. The molecule has 10 heteroatoms. The van der Waals surface area contributed by atoms with Gasteiger partial charge in [0.15, 0.2) is 5.82 Å². The molecule has 1 amide bonds. The number of benzene rings is 1. The highest BCUT2D eigenvalue weighted by molar-refractivity contribution is 5.92. The lowest BCUT2D eigenvalue weighted by Gasteiger charge is -2.09. The maximum absolute atomic E-state index is 13.2. The van der Waals surface area contributed by atoms with Crippen LogP contribution < -0.4 is 16.0 Å². The fraction of sp³-hybridized carbons (Fsp3) is 0.278. The Labute approximate surface area is 161 Å². The molecule has 0 saturated heterocycles. The average molecular weight is 384 g/mol. The van der Waals surface area contributed by atoms with E-state index < -0.39 is 5.82 Å². The van der Waals surface area contributed by atoms with Crippen molar-refractivity contribution in [2.45, 2.75) is 33.2 Å². The maximum atomic E-state index is 13.2. The zero-order valence-corrected chi connectivity index (χ0v) is 15.7. The Kier molecular flexibility index (Phi) is 5.78. The van der Waals surface area contributed by atoms with E-state index in [9.17, 15) is 9.18 Å². The van der Waals surface area contributed by atoms with Gasteiger partial charge in [-0.05, 0) is 39.0 Å². The van der Waals surface area contributed by atoms with Crippen molar-refractivity contribution in [2.24, 2.45) is 0 Å². The van der Waals surface area contributed by atoms with Crippen LogP contribution in [0.5, 0.6) is 0 Å². The van der Waals surface area contributed by atoms with Gasteiger partial charge < -0.3 is 16.0 Å². The molecule has 3 aromatic rings. The fourth-order valence-electron chi connectivity index (χ4n) is 2.44. The van der Waals surface area contributed by atoms with Gasteiger partial charge in [0, 0.05) is 23.5 Å². The van der Waals surface area contributed by atoms with Gasteiger partial charge in [-0.1, -0.05) is 6.07 Å². The van der Waals surface area contributed by atoms with E-state index in [-0.39, 0.29) is 18.4 Å². The molecular formula is C18H21FN8O. The largest absolute Gasteiger partial charge is 0.352 e. The molecule has 0 aliphatic rings. The van der Waals surface area contributed by atoms with Gasteiger partial charge >= 0.3 is 0 Å². The van der Waals surface area contributed by atoms with E-state index in [2.05, 4.69) is 41.1 Å². The zero-order valence-electron chi connectivity index (χ0n) is 15.7. The maximum Gasteiger partial charge on any atom is 0.233 e. The summed E-state index contributed by atoms with van der Waals surface area (Å²) in [7, 11) is 0. The number of aromatic nitrogens is 5. The number of H-pyrrole nitrogens is 1. The number of aryl methyl sites for hydroxylation is 1. The van der Waals surface area contributed by atoms with Crippen molar-refractivity contribution in [3.8, 4) is 0 Å². The summed E-state index contributed by atoms with van der Waals surface area (Å²) in [5, 5.41) is 15.6. The molecule has 0 radical (unpaired) electrons. The van der Waals surface area contributed by atoms with Crippen LogP contribution in [0.2, 0.25) is 0 Å². The van der Waals surface area contributed by atoms with E-state index in [0.717, 1.165) is 0 Å². The third-order valence-corrected chi connectivity index (χ3v) is 3.50. The summed E-state index contributed by atoms with van der Waals surface area (Å²) in [6, 6.07) is 7.58. The number of nitrogens with one attached hydrogen (secondary N) is 4. The minimum Gasteiger partial charge on any atom is -0.352 e. The molecular weight excluding hydrogens is 363 g/mol. The first-order valence-corrected chi connectivity index (χ1v) is 8.73. The number of hydrogen-bond acceptors (Lipinski definition) is 7. The first-order chi connectivity index (χ1) is 13.4.